The molecular formula is C17H28N4O2. The summed E-state index contributed by atoms with van der Waals surface area (Å²) in [5.41, 5.74) is 1.25. The number of nitrogens with zero attached hydrogens (tertiary/aromatic N) is 4. The van der Waals surface area contributed by atoms with Crippen molar-refractivity contribution in [2.24, 2.45) is 5.92 Å². The van der Waals surface area contributed by atoms with Gasteiger partial charge in [0.1, 0.15) is 6.61 Å². The minimum absolute atomic E-state index is 0.145. The van der Waals surface area contributed by atoms with Crippen molar-refractivity contribution in [1.29, 1.82) is 0 Å². The fourth-order valence-corrected chi connectivity index (χ4v) is 2.99. The molecule has 128 valence electrons. The number of hydrogen-bond acceptors (Lipinski definition) is 4. The molecule has 3 rings (SSSR count). The highest BCUT2D eigenvalue weighted by Gasteiger charge is 2.23. The Kier molecular flexibility index (Phi) is 5.67. The number of rotatable bonds is 7. The van der Waals surface area contributed by atoms with E-state index in [0.717, 1.165) is 52.3 Å². The molecular weight excluding hydrogens is 292 g/mol. The fourth-order valence-electron chi connectivity index (χ4n) is 2.99. The van der Waals surface area contributed by atoms with E-state index in [-0.39, 0.29) is 12.5 Å². The SMILES string of the molecule is CCn1cc(CN2CCCN(C(=O)COCC3CC3)CC2)cn1. The Morgan fingerprint density at radius 1 is 1.30 bits per heavy atom. The summed E-state index contributed by atoms with van der Waals surface area (Å²) in [6.45, 7) is 8.52. The number of aromatic nitrogens is 2. The van der Waals surface area contributed by atoms with Crippen molar-refractivity contribution in [3.63, 3.8) is 0 Å². The monoisotopic (exact) mass is 320 g/mol. The summed E-state index contributed by atoms with van der Waals surface area (Å²) < 4.78 is 7.49. The first-order valence-electron chi connectivity index (χ1n) is 8.84. The van der Waals surface area contributed by atoms with E-state index in [4.69, 9.17) is 4.74 Å². The van der Waals surface area contributed by atoms with Crippen LogP contribution in [-0.2, 0) is 22.6 Å². The molecule has 0 spiro atoms. The van der Waals surface area contributed by atoms with Crippen LogP contribution in [0.5, 0.6) is 0 Å². The standard InChI is InChI=1S/C17H28N4O2/c1-2-21-12-16(10-18-21)11-19-6-3-7-20(9-8-19)17(22)14-23-13-15-4-5-15/h10,12,15H,2-9,11,13-14H2,1H3. The zero-order chi connectivity index (χ0) is 16.1. The lowest BCUT2D eigenvalue weighted by atomic mass is 10.3. The summed E-state index contributed by atoms with van der Waals surface area (Å²) >= 11 is 0. The van der Waals surface area contributed by atoms with E-state index in [1.165, 1.54) is 18.4 Å². The molecule has 1 saturated heterocycles. The molecule has 0 atom stereocenters. The predicted octanol–water partition coefficient (Wildman–Crippen LogP) is 1.36. The van der Waals surface area contributed by atoms with Crippen molar-refractivity contribution in [3.05, 3.63) is 18.0 Å². The van der Waals surface area contributed by atoms with Crippen LogP contribution in [0.15, 0.2) is 12.4 Å². The smallest absolute Gasteiger partial charge is 0.248 e. The van der Waals surface area contributed by atoms with Gasteiger partial charge >= 0.3 is 0 Å². The number of ether oxygens (including phenoxy) is 1. The molecule has 6 heteroatoms. The average Bonchev–Trinajstić information content (AvgIpc) is 3.31. The van der Waals surface area contributed by atoms with Crippen LogP contribution < -0.4 is 0 Å². The van der Waals surface area contributed by atoms with Gasteiger partial charge in [-0.05, 0) is 32.1 Å². The molecule has 0 bridgehead atoms. The van der Waals surface area contributed by atoms with Gasteiger partial charge in [0, 0.05) is 51.0 Å². The van der Waals surface area contributed by atoms with Gasteiger partial charge in [0.2, 0.25) is 5.91 Å². The van der Waals surface area contributed by atoms with E-state index >= 15 is 0 Å². The second kappa shape index (κ2) is 7.93. The molecule has 1 aliphatic carbocycles. The van der Waals surface area contributed by atoms with Gasteiger partial charge in [-0.3, -0.25) is 14.4 Å². The topological polar surface area (TPSA) is 50.6 Å². The largest absolute Gasteiger partial charge is 0.371 e. The maximum absolute atomic E-state index is 12.2. The van der Waals surface area contributed by atoms with E-state index < -0.39 is 0 Å². The molecule has 0 N–H and O–H groups in total. The van der Waals surface area contributed by atoms with Crippen LogP contribution in [0.1, 0.15) is 31.7 Å². The molecule has 1 aliphatic heterocycles. The molecule has 1 aromatic rings. The van der Waals surface area contributed by atoms with E-state index in [0.29, 0.717) is 5.92 Å². The molecule has 1 saturated carbocycles. The van der Waals surface area contributed by atoms with Gasteiger partial charge < -0.3 is 9.64 Å². The minimum Gasteiger partial charge on any atom is -0.371 e. The summed E-state index contributed by atoms with van der Waals surface area (Å²) in [6.07, 6.45) is 7.61. The first-order chi connectivity index (χ1) is 11.2. The first-order valence-corrected chi connectivity index (χ1v) is 8.84. The maximum atomic E-state index is 12.2. The van der Waals surface area contributed by atoms with Gasteiger partial charge in [0.15, 0.2) is 0 Å². The summed E-state index contributed by atoms with van der Waals surface area (Å²) in [4.78, 5) is 16.6. The predicted molar refractivity (Wildman–Crippen MR) is 87.9 cm³/mol. The number of aryl methyl sites for hydroxylation is 1. The third kappa shape index (κ3) is 5.04. The Morgan fingerprint density at radius 2 is 2.17 bits per heavy atom. The lowest BCUT2D eigenvalue weighted by molar-refractivity contribution is -0.136. The number of carbonyl (C=O) groups excluding carboxylic acids is 1. The van der Waals surface area contributed by atoms with Crippen LogP contribution in [0.2, 0.25) is 0 Å². The Labute approximate surface area is 138 Å². The Balaban J connectivity index is 1.41. The van der Waals surface area contributed by atoms with E-state index in [1.807, 2.05) is 15.8 Å². The third-order valence-corrected chi connectivity index (χ3v) is 4.63. The molecule has 2 fully saturated rings. The Hall–Kier alpha value is -1.40. The van der Waals surface area contributed by atoms with Crippen LogP contribution in [-0.4, -0.2) is 64.9 Å². The molecule has 0 unspecified atom stereocenters. The van der Waals surface area contributed by atoms with Gasteiger partial charge in [0.25, 0.3) is 0 Å². The molecule has 1 aromatic heterocycles. The van der Waals surface area contributed by atoms with Gasteiger partial charge in [-0.15, -0.1) is 0 Å². The fraction of sp³-hybridized carbons (Fsp3) is 0.765. The van der Waals surface area contributed by atoms with E-state index in [9.17, 15) is 4.79 Å². The summed E-state index contributed by atoms with van der Waals surface area (Å²) in [6, 6.07) is 0. The molecule has 2 aliphatic rings. The number of amides is 1. The quantitative estimate of drug-likeness (QED) is 0.761. The summed E-state index contributed by atoms with van der Waals surface area (Å²) in [5, 5.41) is 4.33. The molecule has 6 nitrogen and oxygen atoms in total. The van der Waals surface area contributed by atoms with Crippen molar-refractivity contribution in [3.8, 4) is 0 Å². The average molecular weight is 320 g/mol. The van der Waals surface area contributed by atoms with Crippen molar-refractivity contribution in [2.45, 2.75) is 39.3 Å². The lowest BCUT2D eigenvalue weighted by Gasteiger charge is -2.21. The van der Waals surface area contributed by atoms with Gasteiger partial charge in [0.05, 0.1) is 12.8 Å². The zero-order valence-corrected chi connectivity index (χ0v) is 14.1. The van der Waals surface area contributed by atoms with E-state index in [1.54, 1.807) is 0 Å². The number of hydrogen-bond donors (Lipinski definition) is 0. The summed E-state index contributed by atoms with van der Waals surface area (Å²) in [5.74, 6) is 0.859. The van der Waals surface area contributed by atoms with Crippen LogP contribution in [0.4, 0.5) is 0 Å². The third-order valence-electron chi connectivity index (χ3n) is 4.63. The van der Waals surface area contributed by atoms with Gasteiger partial charge in [-0.25, -0.2) is 0 Å². The van der Waals surface area contributed by atoms with Crippen molar-refractivity contribution in [2.75, 3.05) is 39.4 Å². The highest BCUT2D eigenvalue weighted by Crippen LogP contribution is 2.28. The lowest BCUT2D eigenvalue weighted by Crippen LogP contribution is -2.37. The first kappa shape index (κ1) is 16.5. The minimum atomic E-state index is 0.145. The Bertz CT molecular complexity index is 512. The van der Waals surface area contributed by atoms with Crippen molar-refractivity contribution < 1.29 is 9.53 Å². The number of carbonyl (C=O) groups is 1. The zero-order valence-electron chi connectivity index (χ0n) is 14.1. The van der Waals surface area contributed by atoms with E-state index in [2.05, 4.69) is 23.1 Å². The van der Waals surface area contributed by atoms with Gasteiger partial charge in [-0.2, -0.15) is 5.10 Å². The van der Waals surface area contributed by atoms with Crippen LogP contribution >= 0.6 is 0 Å². The second-order valence-corrected chi connectivity index (χ2v) is 6.67. The normalized spacial score (nSPS) is 19.8. The molecule has 23 heavy (non-hydrogen) atoms. The highest BCUT2D eigenvalue weighted by atomic mass is 16.5. The maximum Gasteiger partial charge on any atom is 0.248 e. The van der Waals surface area contributed by atoms with Crippen molar-refractivity contribution >= 4 is 5.91 Å². The Morgan fingerprint density at radius 3 is 2.91 bits per heavy atom. The van der Waals surface area contributed by atoms with Crippen LogP contribution in [0, 0.1) is 5.92 Å². The molecule has 0 radical (unpaired) electrons. The molecule has 1 amide bonds. The summed E-state index contributed by atoms with van der Waals surface area (Å²) in [7, 11) is 0. The molecule has 2 heterocycles. The second-order valence-electron chi connectivity index (χ2n) is 6.67. The van der Waals surface area contributed by atoms with Crippen LogP contribution in [0.3, 0.4) is 0 Å². The van der Waals surface area contributed by atoms with Crippen molar-refractivity contribution in [1.82, 2.24) is 19.6 Å². The molecule has 0 aromatic carbocycles. The van der Waals surface area contributed by atoms with Gasteiger partial charge in [-0.1, -0.05) is 0 Å². The van der Waals surface area contributed by atoms with Crippen LogP contribution in [0.25, 0.3) is 0 Å². The highest BCUT2D eigenvalue weighted by molar-refractivity contribution is 5.77.